The molecule has 0 spiro atoms. The van der Waals surface area contributed by atoms with Gasteiger partial charge in [-0.15, -0.1) is 0 Å². The molecular weight excluding hydrogens is 164 g/mol. The van der Waals surface area contributed by atoms with Crippen molar-refractivity contribution in [2.24, 2.45) is 0 Å². The minimum Gasteiger partial charge on any atom is -0.503 e. The predicted molar refractivity (Wildman–Crippen MR) is 45.4 cm³/mol. The molecule has 0 atom stereocenters. The van der Waals surface area contributed by atoms with E-state index < -0.39 is 5.75 Å². The molecule has 0 fully saturated rings. The van der Waals surface area contributed by atoms with Crippen molar-refractivity contribution >= 4 is 11.3 Å². The summed E-state index contributed by atoms with van der Waals surface area (Å²) in [5, 5.41) is 26.1. The highest BCUT2D eigenvalue weighted by molar-refractivity contribution is 7.14. The number of aromatic hydroxyl groups is 3. The van der Waals surface area contributed by atoms with Crippen molar-refractivity contribution in [3.63, 3.8) is 0 Å². The third-order valence-electron chi connectivity index (χ3n) is 1.01. The van der Waals surface area contributed by atoms with Crippen LogP contribution in [0, 0.1) is 6.92 Å². The molecule has 3 N–H and O–H groups in total. The highest BCUT2D eigenvalue weighted by Gasteiger charge is 2.11. The van der Waals surface area contributed by atoms with E-state index >= 15 is 0 Å². The van der Waals surface area contributed by atoms with Gasteiger partial charge in [0, 0.05) is 0 Å². The molecule has 0 aliphatic carbocycles. The Morgan fingerprint density at radius 3 is 1.55 bits per heavy atom. The first-order valence-electron chi connectivity index (χ1n) is 3.33. The molecular formula is C7H12O3S. The maximum Gasteiger partial charge on any atom is 0.218 e. The van der Waals surface area contributed by atoms with Gasteiger partial charge in [0.15, 0.2) is 5.75 Å². The standard InChI is InChI=1S/C5H6O3S.C2H6/c1-2-3(6)4(7)5(8)9-2;1-2/h6-8H,1H3;1-2H3. The summed E-state index contributed by atoms with van der Waals surface area (Å²) < 4.78 is 0. The molecule has 0 aliphatic heterocycles. The first-order valence-corrected chi connectivity index (χ1v) is 4.15. The van der Waals surface area contributed by atoms with Crippen molar-refractivity contribution < 1.29 is 15.3 Å². The fraction of sp³-hybridized carbons (Fsp3) is 0.429. The lowest BCUT2D eigenvalue weighted by atomic mass is 10.4. The highest BCUT2D eigenvalue weighted by Crippen LogP contribution is 2.44. The first kappa shape index (κ1) is 10.1. The van der Waals surface area contributed by atoms with Crippen LogP contribution in [0.25, 0.3) is 0 Å². The average molecular weight is 176 g/mol. The van der Waals surface area contributed by atoms with Crippen LogP contribution in [0.5, 0.6) is 16.6 Å². The van der Waals surface area contributed by atoms with E-state index in [0.29, 0.717) is 4.88 Å². The summed E-state index contributed by atoms with van der Waals surface area (Å²) in [6.45, 7) is 5.61. The van der Waals surface area contributed by atoms with Crippen molar-refractivity contribution in [1.29, 1.82) is 0 Å². The molecule has 0 saturated carbocycles. The van der Waals surface area contributed by atoms with Crippen molar-refractivity contribution in [1.82, 2.24) is 0 Å². The van der Waals surface area contributed by atoms with Crippen LogP contribution in [-0.4, -0.2) is 15.3 Å². The van der Waals surface area contributed by atoms with E-state index in [0.717, 1.165) is 11.3 Å². The van der Waals surface area contributed by atoms with Crippen molar-refractivity contribution in [3.05, 3.63) is 4.88 Å². The van der Waals surface area contributed by atoms with E-state index in [1.165, 1.54) is 0 Å². The summed E-state index contributed by atoms with van der Waals surface area (Å²) in [7, 11) is 0. The molecule has 1 rings (SSSR count). The van der Waals surface area contributed by atoms with Gasteiger partial charge in [0.1, 0.15) is 0 Å². The van der Waals surface area contributed by atoms with Crippen molar-refractivity contribution in [2.45, 2.75) is 20.8 Å². The smallest absolute Gasteiger partial charge is 0.218 e. The Hall–Kier alpha value is -0.900. The zero-order chi connectivity index (χ0) is 9.02. The van der Waals surface area contributed by atoms with Crippen LogP contribution in [0.15, 0.2) is 0 Å². The van der Waals surface area contributed by atoms with Crippen LogP contribution >= 0.6 is 11.3 Å². The van der Waals surface area contributed by atoms with E-state index in [1.807, 2.05) is 13.8 Å². The molecule has 3 nitrogen and oxygen atoms in total. The van der Waals surface area contributed by atoms with Gasteiger partial charge in [-0.1, -0.05) is 25.2 Å². The SMILES string of the molecule is CC.Cc1sc(O)c(O)c1O. The van der Waals surface area contributed by atoms with E-state index in [9.17, 15) is 0 Å². The zero-order valence-electron chi connectivity index (χ0n) is 6.75. The van der Waals surface area contributed by atoms with Crippen LogP contribution in [0.4, 0.5) is 0 Å². The Morgan fingerprint density at radius 1 is 1.00 bits per heavy atom. The van der Waals surface area contributed by atoms with Gasteiger partial charge in [-0.05, 0) is 6.92 Å². The number of rotatable bonds is 0. The Morgan fingerprint density at radius 2 is 1.45 bits per heavy atom. The molecule has 11 heavy (non-hydrogen) atoms. The minimum atomic E-state index is -0.419. The minimum absolute atomic E-state index is 0.225. The van der Waals surface area contributed by atoms with Gasteiger partial charge in [0.25, 0.3) is 0 Å². The monoisotopic (exact) mass is 176 g/mol. The summed E-state index contributed by atoms with van der Waals surface area (Å²) in [6, 6.07) is 0. The Kier molecular flexibility index (Phi) is 3.74. The molecule has 0 saturated heterocycles. The summed E-state index contributed by atoms with van der Waals surface area (Å²) in [6.07, 6.45) is 0. The summed E-state index contributed by atoms with van der Waals surface area (Å²) in [4.78, 5) is 0.519. The number of hydrogen-bond acceptors (Lipinski definition) is 4. The number of aryl methyl sites for hydroxylation is 1. The molecule has 1 heterocycles. The second-order valence-corrected chi connectivity index (χ2v) is 2.86. The van der Waals surface area contributed by atoms with Gasteiger partial charge >= 0.3 is 0 Å². The van der Waals surface area contributed by atoms with E-state index in [2.05, 4.69) is 0 Å². The normalized spacial score (nSPS) is 8.64. The highest BCUT2D eigenvalue weighted by atomic mass is 32.1. The molecule has 0 aliphatic rings. The fourth-order valence-corrected chi connectivity index (χ4v) is 1.19. The van der Waals surface area contributed by atoms with Gasteiger partial charge in [-0.25, -0.2) is 0 Å². The molecule has 4 heteroatoms. The van der Waals surface area contributed by atoms with Gasteiger partial charge < -0.3 is 15.3 Å². The second kappa shape index (κ2) is 4.08. The van der Waals surface area contributed by atoms with E-state index in [4.69, 9.17) is 15.3 Å². The third-order valence-corrected chi connectivity index (χ3v) is 1.90. The largest absolute Gasteiger partial charge is 0.503 e. The van der Waals surface area contributed by atoms with Crippen LogP contribution < -0.4 is 0 Å². The molecule has 64 valence electrons. The van der Waals surface area contributed by atoms with Gasteiger partial charge in [0.2, 0.25) is 10.8 Å². The van der Waals surface area contributed by atoms with Crippen LogP contribution in [-0.2, 0) is 0 Å². The van der Waals surface area contributed by atoms with Crippen LogP contribution in [0.3, 0.4) is 0 Å². The lowest BCUT2D eigenvalue weighted by molar-refractivity contribution is 0.377. The Bertz CT molecular complexity index is 207. The third kappa shape index (κ3) is 2.01. The molecule has 0 radical (unpaired) electrons. The molecule has 1 aromatic rings. The summed E-state index contributed by atoms with van der Waals surface area (Å²) in [5.41, 5.74) is 0. The van der Waals surface area contributed by atoms with Gasteiger partial charge in [-0.3, -0.25) is 0 Å². The summed E-state index contributed by atoms with van der Waals surface area (Å²) >= 11 is 0.951. The average Bonchev–Trinajstić information content (AvgIpc) is 2.22. The molecule has 0 amide bonds. The Labute approximate surface area is 69.6 Å². The van der Waals surface area contributed by atoms with Gasteiger partial charge in [0.05, 0.1) is 4.88 Å². The maximum absolute atomic E-state index is 8.83. The number of hydrogen-bond donors (Lipinski definition) is 3. The molecule has 0 bridgehead atoms. The number of thiophene rings is 1. The second-order valence-electron chi connectivity index (χ2n) is 1.66. The quantitative estimate of drug-likeness (QED) is 0.568. The van der Waals surface area contributed by atoms with Crippen molar-refractivity contribution in [3.8, 4) is 16.6 Å². The topological polar surface area (TPSA) is 60.7 Å². The molecule has 1 aromatic heterocycles. The lowest BCUT2D eigenvalue weighted by Crippen LogP contribution is -1.59. The van der Waals surface area contributed by atoms with Crippen molar-refractivity contribution in [2.75, 3.05) is 0 Å². The van der Waals surface area contributed by atoms with E-state index in [1.54, 1.807) is 6.92 Å². The first-order chi connectivity index (χ1) is 5.13. The fourth-order valence-electron chi connectivity index (χ4n) is 0.510. The molecule has 0 unspecified atom stereocenters. The van der Waals surface area contributed by atoms with Gasteiger partial charge in [-0.2, -0.15) is 0 Å². The van der Waals surface area contributed by atoms with Crippen LogP contribution in [0.2, 0.25) is 0 Å². The maximum atomic E-state index is 8.83. The molecule has 0 aromatic carbocycles. The lowest BCUT2D eigenvalue weighted by Gasteiger charge is -1.85. The zero-order valence-corrected chi connectivity index (χ0v) is 7.57. The Balaban J connectivity index is 0.000000461. The van der Waals surface area contributed by atoms with E-state index in [-0.39, 0.29) is 10.8 Å². The summed E-state index contributed by atoms with van der Waals surface area (Å²) in [5.74, 6) is -0.644. The predicted octanol–water partition coefficient (Wildman–Crippen LogP) is 2.20. The van der Waals surface area contributed by atoms with Crippen LogP contribution in [0.1, 0.15) is 18.7 Å².